The second-order valence-corrected chi connectivity index (χ2v) is 6.84. The molecule has 1 atom stereocenters. The van der Waals surface area contributed by atoms with E-state index in [1.807, 2.05) is 18.2 Å². The zero-order valence-electron chi connectivity index (χ0n) is 15.2. The first-order valence-corrected chi connectivity index (χ1v) is 8.83. The number of H-pyrrole nitrogens is 1. The number of fused-ring (bicyclic) bond motifs is 1. The maximum atomic E-state index is 13.0. The van der Waals surface area contributed by atoms with Gasteiger partial charge in [-0.1, -0.05) is 0 Å². The van der Waals surface area contributed by atoms with Gasteiger partial charge in [-0.05, 0) is 37.5 Å². The van der Waals surface area contributed by atoms with Crippen molar-refractivity contribution < 1.29 is 19.4 Å². The van der Waals surface area contributed by atoms with Gasteiger partial charge in [0.1, 0.15) is 5.75 Å². The number of hydrogen-bond donors (Lipinski definition) is 3. The Morgan fingerprint density at radius 2 is 2.23 bits per heavy atom. The highest BCUT2D eigenvalue weighted by molar-refractivity contribution is 6.07. The molecule has 3 rings (SSSR count). The number of methoxy groups -OCH3 is 1. The highest BCUT2D eigenvalue weighted by Gasteiger charge is 2.36. The first kappa shape index (κ1) is 18.3. The molecule has 2 amide bonds. The lowest BCUT2D eigenvalue weighted by Crippen LogP contribution is -2.50. The summed E-state index contributed by atoms with van der Waals surface area (Å²) in [6.07, 6.45) is 3.60. The van der Waals surface area contributed by atoms with Crippen LogP contribution in [0.25, 0.3) is 10.9 Å². The van der Waals surface area contributed by atoms with E-state index in [0.717, 1.165) is 10.9 Å². The van der Waals surface area contributed by atoms with Crippen molar-refractivity contribution in [2.45, 2.75) is 31.3 Å². The average molecular weight is 359 g/mol. The van der Waals surface area contributed by atoms with Crippen LogP contribution in [-0.2, 0) is 4.79 Å². The van der Waals surface area contributed by atoms with E-state index in [9.17, 15) is 14.7 Å². The van der Waals surface area contributed by atoms with E-state index in [2.05, 4.69) is 10.3 Å². The third-order valence-corrected chi connectivity index (χ3v) is 5.06. The molecule has 0 saturated carbocycles. The predicted molar refractivity (Wildman–Crippen MR) is 98.2 cm³/mol. The number of likely N-dealkylation sites (tertiary alicyclic amines) is 1. The van der Waals surface area contributed by atoms with E-state index >= 15 is 0 Å². The molecule has 140 valence electrons. The van der Waals surface area contributed by atoms with Gasteiger partial charge in [0.15, 0.2) is 0 Å². The van der Waals surface area contributed by atoms with Crippen LogP contribution in [0.5, 0.6) is 5.75 Å². The van der Waals surface area contributed by atoms with Crippen molar-refractivity contribution in [1.82, 2.24) is 15.2 Å². The van der Waals surface area contributed by atoms with Crippen LogP contribution in [-0.4, -0.2) is 59.7 Å². The molecule has 0 spiro atoms. The summed E-state index contributed by atoms with van der Waals surface area (Å²) < 4.78 is 5.25. The van der Waals surface area contributed by atoms with Gasteiger partial charge in [-0.25, -0.2) is 0 Å². The summed E-state index contributed by atoms with van der Waals surface area (Å²) in [6, 6.07) is 5.55. The van der Waals surface area contributed by atoms with E-state index in [0.29, 0.717) is 37.1 Å². The molecule has 1 unspecified atom stereocenters. The molecule has 2 heterocycles. The van der Waals surface area contributed by atoms with Gasteiger partial charge in [0.2, 0.25) is 5.91 Å². The number of carbonyl (C=O) groups is 2. The Morgan fingerprint density at radius 1 is 1.42 bits per heavy atom. The number of hydrogen-bond acceptors (Lipinski definition) is 4. The predicted octanol–water partition coefficient (Wildman–Crippen LogP) is 1.67. The number of aliphatic hydroxyl groups is 1. The lowest BCUT2D eigenvalue weighted by Gasteiger charge is -2.39. The number of amides is 2. The second-order valence-electron chi connectivity index (χ2n) is 6.84. The van der Waals surface area contributed by atoms with Crippen LogP contribution in [0.3, 0.4) is 0 Å². The van der Waals surface area contributed by atoms with E-state index in [1.165, 1.54) is 0 Å². The van der Waals surface area contributed by atoms with Gasteiger partial charge in [-0.3, -0.25) is 9.59 Å². The molecule has 1 aromatic heterocycles. The average Bonchev–Trinajstić information content (AvgIpc) is 3.08. The summed E-state index contributed by atoms with van der Waals surface area (Å²) in [5.41, 5.74) is 0.403. The Hall–Kier alpha value is -2.54. The summed E-state index contributed by atoms with van der Waals surface area (Å²) in [6.45, 7) is 0.831. The van der Waals surface area contributed by atoms with Gasteiger partial charge < -0.3 is 25.0 Å². The maximum Gasteiger partial charge on any atom is 0.256 e. The van der Waals surface area contributed by atoms with Crippen molar-refractivity contribution in [3.63, 3.8) is 0 Å². The van der Waals surface area contributed by atoms with Crippen molar-refractivity contribution in [3.05, 3.63) is 30.0 Å². The van der Waals surface area contributed by atoms with Gasteiger partial charge in [0, 0.05) is 43.7 Å². The minimum Gasteiger partial charge on any atom is -0.497 e. The first-order chi connectivity index (χ1) is 12.5. The van der Waals surface area contributed by atoms with Crippen LogP contribution in [0, 0.1) is 0 Å². The lowest BCUT2D eigenvalue weighted by molar-refractivity contribution is -0.122. The highest BCUT2D eigenvalue weighted by atomic mass is 16.5. The third-order valence-electron chi connectivity index (χ3n) is 5.06. The summed E-state index contributed by atoms with van der Waals surface area (Å²) in [5.74, 6) is 0.458. The summed E-state index contributed by atoms with van der Waals surface area (Å²) in [7, 11) is 3.17. The fraction of sp³-hybridized carbons (Fsp3) is 0.474. The minimum atomic E-state index is -1.02. The van der Waals surface area contributed by atoms with Crippen LogP contribution in [0.2, 0.25) is 0 Å². The molecule has 1 fully saturated rings. The second kappa shape index (κ2) is 7.37. The molecule has 26 heavy (non-hydrogen) atoms. The molecular weight excluding hydrogens is 334 g/mol. The van der Waals surface area contributed by atoms with Crippen LogP contribution >= 0.6 is 0 Å². The summed E-state index contributed by atoms with van der Waals surface area (Å²) in [4.78, 5) is 29.3. The molecule has 7 nitrogen and oxygen atoms in total. The maximum absolute atomic E-state index is 13.0. The lowest BCUT2D eigenvalue weighted by atomic mass is 9.88. The SMILES string of the molecule is CNC(=O)CCC1(O)CCCN(C(=O)c2c[nH]c3ccc(OC)cc23)C1. The molecule has 1 aliphatic rings. The number of rotatable bonds is 5. The number of benzene rings is 1. The number of ether oxygens (including phenoxy) is 1. The molecule has 1 aliphatic heterocycles. The fourth-order valence-corrected chi connectivity index (χ4v) is 3.53. The number of nitrogens with one attached hydrogen (secondary N) is 2. The van der Waals surface area contributed by atoms with Gasteiger partial charge in [0.05, 0.1) is 18.3 Å². The van der Waals surface area contributed by atoms with Crippen molar-refractivity contribution in [2.24, 2.45) is 0 Å². The van der Waals surface area contributed by atoms with Crippen LogP contribution < -0.4 is 10.1 Å². The minimum absolute atomic E-state index is 0.106. The molecule has 1 aromatic carbocycles. The molecule has 1 saturated heterocycles. The number of aromatic amines is 1. The van der Waals surface area contributed by atoms with Crippen LogP contribution in [0.1, 0.15) is 36.0 Å². The van der Waals surface area contributed by atoms with Gasteiger partial charge >= 0.3 is 0 Å². The van der Waals surface area contributed by atoms with Gasteiger partial charge in [0.25, 0.3) is 5.91 Å². The normalized spacial score (nSPS) is 20.2. The smallest absolute Gasteiger partial charge is 0.256 e. The first-order valence-electron chi connectivity index (χ1n) is 8.83. The molecule has 7 heteroatoms. The number of carbonyl (C=O) groups excluding carboxylic acids is 2. The summed E-state index contributed by atoms with van der Waals surface area (Å²) in [5, 5.41) is 14.2. The Morgan fingerprint density at radius 3 is 2.96 bits per heavy atom. The number of aromatic nitrogens is 1. The van der Waals surface area contributed by atoms with E-state index in [4.69, 9.17) is 4.74 Å². The molecule has 0 bridgehead atoms. The Balaban J connectivity index is 1.78. The van der Waals surface area contributed by atoms with Crippen LogP contribution in [0.15, 0.2) is 24.4 Å². The third kappa shape index (κ3) is 3.67. The van der Waals surface area contributed by atoms with Crippen LogP contribution in [0.4, 0.5) is 0 Å². The number of β-amino-alcohol motifs (C(OH)–C–C–N with tert-alkyl or cyclic N) is 1. The van der Waals surface area contributed by atoms with E-state index in [-0.39, 0.29) is 24.8 Å². The number of nitrogens with zero attached hydrogens (tertiary/aromatic N) is 1. The standard InChI is InChI=1S/C19H25N3O4/c1-20-17(23)6-8-19(25)7-3-9-22(12-19)18(24)15-11-21-16-5-4-13(26-2)10-14(15)16/h4-5,10-11,21,25H,3,6-9,12H2,1-2H3,(H,20,23). The largest absolute Gasteiger partial charge is 0.497 e. The Kier molecular flexibility index (Phi) is 5.18. The van der Waals surface area contributed by atoms with E-state index in [1.54, 1.807) is 25.3 Å². The van der Waals surface area contributed by atoms with Gasteiger partial charge in [-0.2, -0.15) is 0 Å². The monoisotopic (exact) mass is 359 g/mol. The molecule has 0 aliphatic carbocycles. The zero-order chi connectivity index (χ0) is 18.7. The quantitative estimate of drug-likeness (QED) is 0.757. The van der Waals surface area contributed by atoms with E-state index < -0.39 is 5.60 Å². The molecule has 0 radical (unpaired) electrons. The molecule has 3 N–H and O–H groups in total. The molecular formula is C19H25N3O4. The Labute approximate surface area is 152 Å². The van der Waals surface area contributed by atoms with Crippen molar-refractivity contribution in [2.75, 3.05) is 27.2 Å². The Bertz CT molecular complexity index is 816. The highest BCUT2D eigenvalue weighted by Crippen LogP contribution is 2.29. The molecule has 2 aromatic rings. The number of piperidine rings is 1. The van der Waals surface area contributed by atoms with Crippen molar-refractivity contribution in [1.29, 1.82) is 0 Å². The summed E-state index contributed by atoms with van der Waals surface area (Å²) >= 11 is 0. The van der Waals surface area contributed by atoms with Crippen molar-refractivity contribution in [3.8, 4) is 5.75 Å². The fourth-order valence-electron chi connectivity index (χ4n) is 3.53. The zero-order valence-corrected chi connectivity index (χ0v) is 15.2. The topological polar surface area (TPSA) is 94.7 Å². The van der Waals surface area contributed by atoms with Crippen molar-refractivity contribution >= 4 is 22.7 Å². The van der Waals surface area contributed by atoms with Gasteiger partial charge in [-0.15, -0.1) is 0 Å².